The largest absolute Gasteiger partial charge is 0.455 e. The lowest BCUT2D eigenvalue weighted by atomic mass is 9.95. The number of hydrogen-bond acceptors (Lipinski definition) is 2. The summed E-state index contributed by atoms with van der Waals surface area (Å²) in [6.45, 7) is 1.93. The van der Waals surface area contributed by atoms with Crippen LogP contribution in [0.1, 0.15) is 11.1 Å². The number of pyridine rings is 1. The predicted octanol–water partition coefficient (Wildman–Crippen LogP) is 4.40. The highest BCUT2D eigenvalue weighted by atomic mass is 19.1. The number of nitrogens with zero attached hydrogens (tertiary/aromatic N) is 2. The first-order valence-electron chi connectivity index (χ1n) is 7.61. The molecule has 2 aromatic carbocycles. The van der Waals surface area contributed by atoms with Gasteiger partial charge >= 0.3 is 0 Å². The van der Waals surface area contributed by atoms with Gasteiger partial charge in [0.15, 0.2) is 11.8 Å². The van der Waals surface area contributed by atoms with E-state index in [1.165, 1.54) is 6.07 Å². The molecular weight excluding hydrogens is 303 g/mol. The Kier molecular flexibility index (Phi) is 3.10. The Bertz CT molecular complexity index is 1150. The highest BCUT2D eigenvalue weighted by Crippen LogP contribution is 2.38. The lowest BCUT2D eigenvalue weighted by Crippen LogP contribution is -2.30. The maximum atomic E-state index is 14.3. The molecule has 0 N–H and O–H groups in total. The SMILES string of the molecule is Cc1cc2c(oc3cccc(F)c32)c(C#N)c1-c1cccc[n+]1C. The fraction of sp³-hybridized carbons (Fsp3) is 0.100. The molecule has 0 spiro atoms. The van der Waals surface area contributed by atoms with E-state index in [2.05, 4.69) is 6.07 Å². The van der Waals surface area contributed by atoms with Crippen LogP contribution >= 0.6 is 0 Å². The van der Waals surface area contributed by atoms with Crippen molar-refractivity contribution in [3.8, 4) is 17.3 Å². The summed E-state index contributed by atoms with van der Waals surface area (Å²) in [4.78, 5) is 0. The van der Waals surface area contributed by atoms with Crippen molar-refractivity contribution < 1.29 is 13.4 Å². The molecule has 0 aliphatic heterocycles. The van der Waals surface area contributed by atoms with Crippen molar-refractivity contribution in [2.24, 2.45) is 7.05 Å². The van der Waals surface area contributed by atoms with Crippen LogP contribution < -0.4 is 4.57 Å². The molecule has 4 heteroatoms. The van der Waals surface area contributed by atoms with E-state index in [9.17, 15) is 9.65 Å². The zero-order chi connectivity index (χ0) is 16.8. The fourth-order valence-corrected chi connectivity index (χ4v) is 3.27. The van der Waals surface area contributed by atoms with Gasteiger partial charge < -0.3 is 4.42 Å². The molecule has 0 radical (unpaired) electrons. The van der Waals surface area contributed by atoms with Crippen LogP contribution in [-0.4, -0.2) is 0 Å². The molecule has 4 aromatic rings. The van der Waals surface area contributed by atoms with E-state index in [1.54, 1.807) is 12.1 Å². The van der Waals surface area contributed by atoms with E-state index in [1.807, 2.05) is 49.0 Å². The summed E-state index contributed by atoms with van der Waals surface area (Å²) in [6.07, 6.45) is 1.93. The van der Waals surface area contributed by atoms with Crippen molar-refractivity contribution in [2.45, 2.75) is 6.92 Å². The molecule has 0 amide bonds. The predicted molar refractivity (Wildman–Crippen MR) is 89.7 cm³/mol. The molecule has 0 aliphatic rings. The van der Waals surface area contributed by atoms with Crippen molar-refractivity contribution in [3.63, 3.8) is 0 Å². The van der Waals surface area contributed by atoms with Crippen molar-refractivity contribution >= 4 is 21.9 Å². The van der Waals surface area contributed by atoms with Gasteiger partial charge in [-0.2, -0.15) is 5.26 Å². The zero-order valence-corrected chi connectivity index (χ0v) is 13.3. The standard InChI is InChI=1S/C20H14FN2O/c1-12-10-13-19-15(21)6-5-8-17(19)24-20(13)14(11-22)18(12)16-7-3-4-9-23(16)2/h3-10H,1-2H3/q+1. The molecule has 2 aromatic heterocycles. The van der Waals surface area contributed by atoms with Crippen LogP contribution in [0.15, 0.2) is 53.1 Å². The second-order valence-corrected chi connectivity index (χ2v) is 5.84. The summed E-state index contributed by atoms with van der Waals surface area (Å²) in [6, 6.07) is 14.7. The maximum absolute atomic E-state index is 14.3. The number of furan rings is 1. The minimum Gasteiger partial charge on any atom is -0.455 e. The first-order chi connectivity index (χ1) is 11.6. The smallest absolute Gasteiger partial charge is 0.214 e. The number of aromatic nitrogens is 1. The Morgan fingerprint density at radius 1 is 1.17 bits per heavy atom. The van der Waals surface area contributed by atoms with E-state index in [4.69, 9.17) is 4.42 Å². The zero-order valence-electron chi connectivity index (χ0n) is 13.3. The van der Waals surface area contributed by atoms with Crippen LogP contribution in [0.4, 0.5) is 4.39 Å². The van der Waals surface area contributed by atoms with E-state index < -0.39 is 0 Å². The van der Waals surface area contributed by atoms with E-state index in [-0.39, 0.29) is 5.82 Å². The number of halogens is 1. The summed E-state index contributed by atoms with van der Waals surface area (Å²) in [7, 11) is 1.93. The monoisotopic (exact) mass is 317 g/mol. The Morgan fingerprint density at radius 2 is 2.00 bits per heavy atom. The van der Waals surface area contributed by atoms with Gasteiger partial charge in [0.1, 0.15) is 30.1 Å². The third-order valence-electron chi connectivity index (χ3n) is 4.36. The van der Waals surface area contributed by atoms with E-state index in [0.29, 0.717) is 27.5 Å². The van der Waals surface area contributed by atoms with Crippen LogP contribution in [0, 0.1) is 24.1 Å². The van der Waals surface area contributed by atoms with Gasteiger partial charge in [-0.3, -0.25) is 0 Å². The highest BCUT2D eigenvalue weighted by Gasteiger charge is 2.23. The average molecular weight is 317 g/mol. The second-order valence-electron chi connectivity index (χ2n) is 5.84. The summed E-state index contributed by atoms with van der Waals surface area (Å²) >= 11 is 0. The van der Waals surface area contributed by atoms with Crippen LogP contribution in [0.2, 0.25) is 0 Å². The van der Waals surface area contributed by atoms with Crippen molar-refractivity contribution in [1.82, 2.24) is 0 Å². The molecular formula is C20H14FN2O+. The van der Waals surface area contributed by atoms with Gasteiger partial charge in [-0.15, -0.1) is 0 Å². The summed E-state index contributed by atoms with van der Waals surface area (Å²) in [5.74, 6) is -0.340. The summed E-state index contributed by atoms with van der Waals surface area (Å²) in [5, 5.41) is 10.8. The number of rotatable bonds is 1. The molecule has 3 nitrogen and oxygen atoms in total. The molecule has 0 unspecified atom stereocenters. The molecule has 2 heterocycles. The van der Waals surface area contributed by atoms with Crippen LogP contribution in [0.3, 0.4) is 0 Å². The molecule has 24 heavy (non-hydrogen) atoms. The Labute approximate surface area is 138 Å². The minimum atomic E-state index is -0.340. The van der Waals surface area contributed by atoms with Gasteiger partial charge in [-0.25, -0.2) is 8.96 Å². The Hall–Kier alpha value is -3.19. The van der Waals surface area contributed by atoms with Gasteiger partial charge in [0, 0.05) is 17.5 Å². The number of nitriles is 1. The van der Waals surface area contributed by atoms with Gasteiger partial charge in [-0.05, 0) is 36.8 Å². The van der Waals surface area contributed by atoms with Crippen molar-refractivity contribution in [1.29, 1.82) is 5.26 Å². The lowest BCUT2D eigenvalue weighted by Gasteiger charge is -2.07. The number of benzene rings is 2. The first kappa shape index (κ1) is 14.4. The van der Waals surface area contributed by atoms with Crippen LogP contribution in [-0.2, 0) is 7.05 Å². The molecule has 0 saturated heterocycles. The molecule has 0 atom stereocenters. The fourth-order valence-electron chi connectivity index (χ4n) is 3.27. The first-order valence-corrected chi connectivity index (χ1v) is 7.61. The normalized spacial score (nSPS) is 11.1. The maximum Gasteiger partial charge on any atom is 0.214 e. The van der Waals surface area contributed by atoms with E-state index >= 15 is 0 Å². The summed E-state index contributed by atoms with van der Waals surface area (Å²) in [5.41, 5.74) is 3.95. The van der Waals surface area contributed by atoms with Crippen LogP contribution in [0.25, 0.3) is 33.2 Å². The van der Waals surface area contributed by atoms with Gasteiger partial charge in [0.05, 0.1) is 10.9 Å². The number of hydrogen-bond donors (Lipinski definition) is 0. The molecule has 0 saturated carbocycles. The Balaban J connectivity index is 2.20. The average Bonchev–Trinajstić information content (AvgIpc) is 2.94. The second kappa shape index (κ2) is 5.17. The van der Waals surface area contributed by atoms with Crippen molar-refractivity contribution in [3.05, 3.63) is 65.6 Å². The molecule has 0 bridgehead atoms. The minimum absolute atomic E-state index is 0.340. The molecule has 0 fully saturated rings. The van der Waals surface area contributed by atoms with Crippen LogP contribution in [0.5, 0.6) is 0 Å². The molecule has 4 rings (SSSR count). The third kappa shape index (κ3) is 1.92. The van der Waals surface area contributed by atoms with Crippen molar-refractivity contribution in [2.75, 3.05) is 0 Å². The van der Waals surface area contributed by atoms with Gasteiger partial charge in [0.2, 0.25) is 5.69 Å². The number of aryl methyl sites for hydroxylation is 2. The quantitative estimate of drug-likeness (QED) is 0.488. The van der Waals surface area contributed by atoms with Gasteiger partial charge in [0.25, 0.3) is 0 Å². The van der Waals surface area contributed by atoms with E-state index in [0.717, 1.165) is 16.8 Å². The number of fused-ring (bicyclic) bond motifs is 3. The molecule has 0 aliphatic carbocycles. The summed E-state index contributed by atoms with van der Waals surface area (Å²) < 4.78 is 22.1. The topological polar surface area (TPSA) is 40.8 Å². The van der Waals surface area contributed by atoms with Gasteiger partial charge in [-0.1, -0.05) is 6.07 Å². The highest BCUT2D eigenvalue weighted by molar-refractivity contribution is 6.09. The third-order valence-corrected chi connectivity index (χ3v) is 4.36. The molecule has 116 valence electrons. The Morgan fingerprint density at radius 3 is 2.75 bits per heavy atom. The lowest BCUT2D eigenvalue weighted by molar-refractivity contribution is -0.660.